The first-order valence-corrected chi connectivity index (χ1v) is 49.8. The van der Waals surface area contributed by atoms with Crippen molar-refractivity contribution in [3.63, 3.8) is 0 Å². The quantitative estimate of drug-likeness (QED) is 0.0169. The lowest BCUT2D eigenvalue weighted by Crippen LogP contribution is -2.41. The van der Waals surface area contributed by atoms with Crippen LogP contribution in [0.4, 0.5) is 9.59 Å². The fourth-order valence-electron chi connectivity index (χ4n) is 14.7. The van der Waals surface area contributed by atoms with Crippen LogP contribution >= 0.6 is 0 Å². The lowest BCUT2D eigenvalue weighted by atomic mass is 9.87. The molecule has 0 aliphatic rings. The van der Waals surface area contributed by atoms with Gasteiger partial charge in [-0.2, -0.15) is 0 Å². The van der Waals surface area contributed by atoms with Crippen molar-refractivity contribution in [2.24, 2.45) is 23.7 Å². The second-order valence-corrected chi connectivity index (χ2v) is 36.2. The predicted octanol–water partition coefficient (Wildman–Crippen LogP) is 21.5. The Morgan fingerprint density at radius 3 is 0.820 bits per heavy atom. The molecule has 24 heteroatoms. The van der Waals surface area contributed by atoms with E-state index in [1.807, 2.05) is 23.6 Å². The summed E-state index contributed by atoms with van der Waals surface area (Å²) in [5.41, 5.74) is -1.20. The standard InChI is InChI=1S/2C49H94N4O8/c1-8-12-16-20-28-42(26-14-10-3)40-59-46(56)30-22-18-24-34-50-44(54)32-37-53(39-36-52-48(58)61-49(5,6)7)38-33-45(55)51-35-25-19-23-31-47(57)60-41-43(27-15-11-4)29-21-17-13-9-2;1-7-11-15-19-27-42(25-13-9-3)31-34-49(5,6)61-48(59)52-37-40-53(38-32-44(54)50-35-23-17-21-29-46(56)57)39-33-45(55)51-36-24-18-22-30-47(58)60-41-43(26-14-10-4)28-20-16-12-8-2/h42-43H,8-41H2,1-7H3,(H,50,54)(H,51,55)(H,52,58);42-43H,7-41H2,1-6H3,(H,50,54)(H,51,55)(H,52,59)(H,56,57). The molecule has 0 spiro atoms. The molecular weight excluding hydrogens is 1550 g/mol. The number of ether oxygens (including phenoxy) is 5. The van der Waals surface area contributed by atoms with E-state index in [-0.39, 0.29) is 73.6 Å². The Bertz CT molecular complexity index is 2510. The third kappa shape index (κ3) is 82.5. The molecule has 6 amide bonds. The molecule has 0 bridgehead atoms. The number of amides is 6. The van der Waals surface area contributed by atoms with Crippen molar-refractivity contribution < 1.29 is 76.7 Å². The van der Waals surface area contributed by atoms with Crippen molar-refractivity contribution in [3.05, 3.63) is 0 Å². The molecule has 0 radical (unpaired) electrons. The molecule has 0 saturated carbocycles. The molecule has 0 saturated heterocycles. The van der Waals surface area contributed by atoms with Gasteiger partial charge in [-0.1, -0.05) is 248 Å². The maximum Gasteiger partial charge on any atom is 0.407 e. The summed E-state index contributed by atoms with van der Waals surface area (Å²) in [6, 6.07) is 0. The Morgan fingerprint density at radius 2 is 0.533 bits per heavy atom. The largest absolute Gasteiger partial charge is 0.481 e. The van der Waals surface area contributed by atoms with Gasteiger partial charge in [0, 0.05) is 130 Å². The monoisotopic (exact) mass is 1730 g/mol. The summed E-state index contributed by atoms with van der Waals surface area (Å²) in [5, 5.41) is 26.3. The molecule has 4 atom stereocenters. The summed E-state index contributed by atoms with van der Waals surface area (Å²) in [5.74, 6) is 0.491. The number of hydrogen-bond acceptors (Lipinski definition) is 17. The van der Waals surface area contributed by atoms with Gasteiger partial charge in [-0.3, -0.25) is 38.4 Å². The zero-order chi connectivity index (χ0) is 90.8. The van der Waals surface area contributed by atoms with Crippen LogP contribution in [0.25, 0.3) is 0 Å². The normalized spacial score (nSPS) is 12.5. The number of unbranched alkanes of at least 4 members (excludes halogenated alkanes) is 24. The van der Waals surface area contributed by atoms with E-state index in [0.717, 1.165) is 135 Å². The molecule has 24 nitrogen and oxygen atoms in total. The van der Waals surface area contributed by atoms with Gasteiger partial charge in [0.15, 0.2) is 0 Å². The van der Waals surface area contributed by atoms with Crippen molar-refractivity contribution in [3.8, 4) is 0 Å². The molecule has 7 N–H and O–H groups in total. The minimum absolute atomic E-state index is 0.0754. The molecule has 0 fully saturated rings. The van der Waals surface area contributed by atoms with Crippen LogP contribution in [0.5, 0.6) is 0 Å². The highest BCUT2D eigenvalue weighted by molar-refractivity contribution is 5.78. The number of alkyl carbamates (subject to hydrolysis) is 2. The molecule has 0 aromatic rings. The molecular formula is C98H188N8O16. The van der Waals surface area contributed by atoms with Crippen molar-refractivity contribution in [2.45, 2.75) is 448 Å². The molecule has 0 heterocycles. The van der Waals surface area contributed by atoms with E-state index in [1.165, 1.54) is 148 Å². The number of rotatable bonds is 84. The summed E-state index contributed by atoms with van der Waals surface area (Å²) in [4.78, 5) is 128. The second kappa shape index (κ2) is 83.4. The van der Waals surface area contributed by atoms with Gasteiger partial charge in [0.1, 0.15) is 11.2 Å². The number of nitrogens with zero attached hydrogens (tertiary/aromatic N) is 2. The lowest BCUT2D eigenvalue weighted by molar-refractivity contribution is -0.146. The van der Waals surface area contributed by atoms with Crippen LogP contribution in [0.2, 0.25) is 0 Å². The summed E-state index contributed by atoms with van der Waals surface area (Å²) in [6.45, 7) is 34.0. The van der Waals surface area contributed by atoms with Crippen LogP contribution < -0.4 is 31.9 Å². The first-order valence-electron chi connectivity index (χ1n) is 49.8. The number of carboxylic acids is 1. The van der Waals surface area contributed by atoms with E-state index in [4.69, 9.17) is 28.8 Å². The van der Waals surface area contributed by atoms with Crippen molar-refractivity contribution in [1.29, 1.82) is 0 Å². The summed E-state index contributed by atoms with van der Waals surface area (Å²) >= 11 is 0. The van der Waals surface area contributed by atoms with Crippen molar-refractivity contribution in [1.82, 2.24) is 41.7 Å². The van der Waals surface area contributed by atoms with Crippen molar-refractivity contribution >= 4 is 59.7 Å². The highest BCUT2D eigenvalue weighted by Crippen LogP contribution is 2.28. The van der Waals surface area contributed by atoms with E-state index in [0.29, 0.717) is 154 Å². The molecule has 4 unspecified atom stereocenters. The topological polar surface area (TPSA) is 316 Å². The number of carboxylic acid groups (broad SMARTS) is 1. The van der Waals surface area contributed by atoms with Gasteiger partial charge in [-0.05, 0) is 161 Å². The van der Waals surface area contributed by atoms with E-state index in [1.54, 1.807) is 20.8 Å². The molecule has 0 rings (SSSR count). The number of hydrogen-bond donors (Lipinski definition) is 7. The van der Waals surface area contributed by atoms with E-state index in [2.05, 4.69) is 87.3 Å². The zero-order valence-electron chi connectivity index (χ0n) is 80.6. The molecule has 122 heavy (non-hydrogen) atoms. The van der Waals surface area contributed by atoms with Gasteiger partial charge in [0.2, 0.25) is 23.6 Å². The molecule has 0 aromatic heterocycles. The Morgan fingerprint density at radius 1 is 0.270 bits per heavy atom. The van der Waals surface area contributed by atoms with Crippen LogP contribution in [-0.2, 0) is 62.0 Å². The smallest absolute Gasteiger partial charge is 0.407 e. The van der Waals surface area contributed by atoms with Gasteiger partial charge in [0.25, 0.3) is 0 Å². The van der Waals surface area contributed by atoms with E-state index >= 15 is 0 Å². The number of carbonyl (C=O) groups is 10. The van der Waals surface area contributed by atoms with Crippen LogP contribution in [0.1, 0.15) is 437 Å². The lowest BCUT2D eigenvalue weighted by Gasteiger charge is -2.28. The molecule has 0 aliphatic carbocycles. The molecule has 716 valence electrons. The van der Waals surface area contributed by atoms with Gasteiger partial charge >= 0.3 is 36.1 Å². The van der Waals surface area contributed by atoms with Gasteiger partial charge < -0.3 is 70.5 Å². The van der Waals surface area contributed by atoms with Crippen LogP contribution in [0.15, 0.2) is 0 Å². The van der Waals surface area contributed by atoms with Crippen LogP contribution in [-0.4, -0.2) is 184 Å². The Balaban J connectivity index is 0. The highest BCUT2D eigenvalue weighted by Gasteiger charge is 2.26. The highest BCUT2D eigenvalue weighted by atomic mass is 16.6. The molecule has 0 aliphatic heterocycles. The SMILES string of the molecule is CCCCCCC(CCCC)CCC(C)(C)OC(=O)NCCN(CCC(=O)NCCCCCC(=O)O)CCC(=O)NCCCCCC(=O)OCC(CCCC)CCCCCC.CCCCCCC(CCCC)COC(=O)CCCCCNC(=O)CCN(CCNC(=O)OC(C)(C)C)CCC(=O)NCCCCCC(=O)OCC(CCCC)CCCCCC. The van der Waals surface area contributed by atoms with Gasteiger partial charge in [0.05, 0.1) is 19.8 Å². The summed E-state index contributed by atoms with van der Waals surface area (Å²) < 4.78 is 28.2. The van der Waals surface area contributed by atoms with Gasteiger partial charge in [-0.15, -0.1) is 0 Å². The number of carbonyl (C=O) groups excluding carboxylic acids is 9. The minimum atomic E-state index is -0.813. The number of aliphatic carboxylic acids is 1. The molecule has 0 aromatic carbocycles. The zero-order valence-corrected chi connectivity index (χ0v) is 80.6. The van der Waals surface area contributed by atoms with E-state index < -0.39 is 29.4 Å². The maximum absolute atomic E-state index is 12.9. The maximum atomic E-state index is 12.9. The third-order valence-electron chi connectivity index (χ3n) is 22.6. The minimum Gasteiger partial charge on any atom is -0.481 e. The average molecular weight is 1730 g/mol. The first-order chi connectivity index (χ1) is 58.7. The van der Waals surface area contributed by atoms with E-state index in [9.17, 15) is 47.9 Å². The fraction of sp³-hybridized carbons (Fsp3) is 0.898. The number of esters is 3. The fourth-order valence-corrected chi connectivity index (χ4v) is 14.7. The first kappa shape index (κ1) is 118. The predicted molar refractivity (Wildman–Crippen MR) is 497 cm³/mol. The second-order valence-electron chi connectivity index (χ2n) is 36.2. The Hall–Kier alpha value is -5.78. The summed E-state index contributed by atoms with van der Waals surface area (Å²) in [6.07, 6.45) is 50.7. The van der Waals surface area contributed by atoms with Crippen LogP contribution in [0.3, 0.4) is 0 Å². The average Bonchev–Trinajstić information content (AvgIpc) is 0.892. The van der Waals surface area contributed by atoms with Crippen molar-refractivity contribution in [2.75, 3.05) is 98.4 Å². The van der Waals surface area contributed by atoms with Gasteiger partial charge in [-0.25, -0.2) is 9.59 Å². The Labute approximate surface area is 744 Å². The number of nitrogens with one attached hydrogen (secondary N) is 6. The third-order valence-corrected chi connectivity index (χ3v) is 22.6. The van der Waals surface area contributed by atoms with Crippen LogP contribution in [0, 0.1) is 23.7 Å². The summed E-state index contributed by atoms with van der Waals surface area (Å²) in [7, 11) is 0. The Kier molecular flexibility index (Phi) is 80.9.